The highest BCUT2D eigenvalue weighted by atomic mass is 32.1. The summed E-state index contributed by atoms with van der Waals surface area (Å²) in [5.74, 6) is -0.596. The van der Waals surface area contributed by atoms with Gasteiger partial charge >= 0.3 is 5.97 Å². The molecule has 2 aliphatic rings. The molecule has 2 aliphatic heterocycles. The summed E-state index contributed by atoms with van der Waals surface area (Å²) in [6.45, 7) is 2.47. The molecule has 0 atom stereocenters. The van der Waals surface area contributed by atoms with Gasteiger partial charge in [-0.2, -0.15) is 4.98 Å². The molecular weight excluding hydrogens is 402 g/mol. The lowest BCUT2D eigenvalue weighted by Gasteiger charge is -2.30. The summed E-state index contributed by atoms with van der Waals surface area (Å²) in [7, 11) is 0. The van der Waals surface area contributed by atoms with Gasteiger partial charge in [-0.25, -0.2) is 0 Å². The van der Waals surface area contributed by atoms with Crippen molar-refractivity contribution in [2.24, 2.45) is 5.92 Å². The molecular formula is C22H23N3O4S. The van der Waals surface area contributed by atoms with E-state index < -0.39 is 0 Å². The van der Waals surface area contributed by atoms with Crippen molar-refractivity contribution in [3.8, 4) is 0 Å². The Labute approximate surface area is 178 Å². The predicted octanol–water partition coefficient (Wildman–Crippen LogP) is 3.23. The third kappa shape index (κ3) is 3.79. The van der Waals surface area contributed by atoms with Crippen LogP contribution in [0, 0.1) is 5.92 Å². The smallest absolute Gasteiger partial charge is 0.309 e. The van der Waals surface area contributed by atoms with Crippen LogP contribution in [0.4, 0.5) is 6.01 Å². The number of carbonyl (C=O) groups excluding carboxylic acids is 2. The minimum Gasteiger partial charge on any atom is -0.455 e. The van der Waals surface area contributed by atoms with Crippen LogP contribution in [0.3, 0.4) is 0 Å². The number of oxazole rings is 1. The first-order chi connectivity index (χ1) is 14.7. The van der Waals surface area contributed by atoms with E-state index in [1.807, 2.05) is 24.3 Å². The van der Waals surface area contributed by atoms with E-state index in [1.54, 1.807) is 16.2 Å². The Hall–Kier alpha value is -2.87. The van der Waals surface area contributed by atoms with E-state index in [-0.39, 0.29) is 24.4 Å². The average molecular weight is 426 g/mol. The molecule has 0 aliphatic carbocycles. The number of piperidine rings is 1. The SMILES string of the molecule is O=C(OCC(=O)N1CCc2sccc2C1)C1CCN(c2nc3ccccc3o2)CC1. The lowest BCUT2D eigenvalue weighted by molar-refractivity contribution is -0.156. The molecule has 1 amide bonds. The van der Waals surface area contributed by atoms with Crippen molar-refractivity contribution in [3.63, 3.8) is 0 Å². The summed E-state index contributed by atoms with van der Waals surface area (Å²) in [5.41, 5.74) is 2.80. The summed E-state index contributed by atoms with van der Waals surface area (Å²) in [6.07, 6.45) is 2.20. The van der Waals surface area contributed by atoms with Crippen LogP contribution in [-0.2, 0) is 27.3 Å². The third-order valence-corrected chi connectivity index (χ3v) is 6.90. The Kier molecular flexibility index (Phi) is 5.16. The number of hydrogen-bond donors (Lipinski definition) is 0. The molecule has 30 heavy (non-hydrogen) atoms. The summed E-state index contributed by atoms with van der Waals surface area (Å²) in [5, 5.41) is 2.06. The summed E-state index contributed by atoms with van der Waals surface area (Å²) < 4.78 is 11.2. The van der Waals surface area contributed by atoms with Gasteiger partial charge in [0, 0.05) is 31.1 Å². The van der Waals surface area contributed by atoms with Crippen molar-refractivity contribution < 1.29 is 18.7 Å². The van der Waals surface area contributed by atoms with Crippen LogP contribution in [-0.4, -0.2) is 48.0 Å². The van der Waals surface area contributed by atoms with E-state index in [4.69, 9.17) is 9.15 Å². The summed E-state index contributed by atoms with van der Waals surface area (Å²) in [4.78, 5) is 34.6. The van der Waals surface area contributed by atoms with Gasteiger partial charge in [-0.05, 0) is 48.4 Å². The van der Waals surface area contributed by atoms with Crippen LogP contribution < -0.4 is 4.90 Å². The maximum Gasteiger partial charge on any atom is 0.309 e. The first-order valence-corrected chi connectivity index (χ1v) is 11.2. The number of thiophene rings is 1. The van der Waals surface area contributed by atoms with Crippen molar-refractivity contribution in [2.45, 2.75) is 25.8 Å². The number of ether oxygens (including phenoxy) is 1. The van der Waals surface area contributed by atoms with E-state index in [0.29, 0.717) is 45.0 Å². The van der Waals surface area contributed by atoms with Crippen LogP contribution >= 0.6 is 11.3 Å². The summed E-state index contributed by atoms with van der Waals surface area (Å²) >= 11 is 1.74. The second-order valence-electron chi connectivity index (χ2n) is 7.77. The fourth-order valence-electron chi connectivity index (χ4n) is 4.11. The molecule has 0 spiro atoms. The molecule has 0 saturated carbocycles. The molecule has 4 heterocycles. The normalized spacial score (nSPS) is 17.2. The average Bonchev–Trinajstić information content (AvgIpc) is 3.43. The lowest BCUT2D eigenvalue weighted by atomic mass is 9.97. The highest BCUT2D eigenvalue weighted by Crippen LogP contribution is 2.27. The van der Waals surface area contributed by atoms with Gasteiger partial charge in [0.1, 0.15) is 5.52 Å². The maximum absolute atomic E-state index is 12.5. The first kappa shape index (κ1) is 19.1. The van der Waals surface area contributed by atoms with Gasteiger partial charge < -0.3 is 19.0 Å². The van der Waals surface area contributed by atoms with E-state index in [9.17, 15) is 9.59 Å². The Bertz CT molecular complexity index is 1030. The van der Waals surface area contributed by atoms with E-state index in [2.05, 4.69) is 21.3 Å². The van der Waals surface area contributed by atoms with Crippen LogP contribution in [0.2, 0.25) is 0 Å². The van der Waals surface area contributed by atoms with Crippen molar-refractivity contribution in [1.82, 2.24) is 9.88 Å². The zero-order valence-corrected chi connectivity index (χ0v) is 17.4. The molecule has 7 nitrogen and oxygen atoms in total. The minimum atomic E-state index is -0.284. The van der Waals surface area contributed by atoms with Gasteiger partial charge in [-0.15, -0.1) is 11.3 Å². The monoisotopic (exact) mass is 425 g/mol. The number of amides is 1. The molecule has 0 unspecified atom stereocenters. The number of para-hydroxylation sites is 2. The van der Waals surface area contributed by atoms with Crippen LogP contribution in [0.5, 0.6) is 0 Å². The van der Waals surface area contributed by atoms with Gasteiger partial charge in [0.05, 0.1) is 5.92 Å². The van der Waals surface area contributed by atoms with Crippen LogP contribution in [0.1, 0.15) is 23.3 Å². The van der Waals surface area contributed by atoms with Crippen molar-refractivity contribution >= 4 is 40.3 Å². The number of carbonyl (C=O) groups is 2. The quantitative estimate of drug-likeness (QED) is 0.598. The van der Waals surface area contributed by atoms with Crippen LogP contribution in [0.15, 0.2) is 40.1 Å². The Morgan fingerprint density at radius 2 is 2.00 bits per heavy atom. The minimum absolute atomic E-state index is 0.121. The van der Waals surface area contributed by atoms with Gasteiger partial charge in [0.15, 0.2) is 12.2 Å². The number of nitrogens with zero attached hydrogens (tertiary/aromatic N) is 3. The Morgan fingerprint density at radius 1 is 1.17 bits per heavy atom. The number of benzene rings is 1. The zero-order valence-electron chi connectivity index (χ0n) is 16.6. The molecule has 2 aromatic heterocycles. The molecule has 5 rings (SSSR count). The topological polar surface area (TPSA) is 75.9 Å². The molecule has 0 radical (unpaired) electrons. The molecule has 0 N–H and O–H groups in total. The first-order valence-electron chi connectivity index (χ1n) is 10.3. The van der Waals surface area contributed by atoms with Crippen molar-refractivity contribution in [1.29, 1.82) is 0 Å². The third-order valence-electron chi connectivity index (χ3n) is 5.88. The molecule has 1 saturated heterocycles. The molecule has 1 fully saturated rings. The molecule has 8 heteroatoms. The number of esters is 1. The largest absolute Gasteiger partial charge is 0.455 e. The second-order valence-corrected chi connectivity index (χ2v) is 8.77. The van der Waals surface area contributed by atoms with E-state index in [1.165, 1.54) is 10.4 Å². The van der Waals surface area contributed by atoms with Crippen molar-refractivity contribution in [3.05, 3.63) is 46.2 Å². The van der Waals surface area contributed by atoms with Gasteiger partial charge in [0.25, 0.3) is 11.9 Å². The molecule has 3 aromatic rings. The standard InChI is InChI=1S/C22H23N3O4S/c26-20(25-11-7-19-16(13-25)8-12-30-19)14-28-21(27)15-5-9-24(10-6-15)22-23-17-3-1-2-4-18(17)29-22/h1-4,8,12,15H,5-7,9-11,13-14H2. The number of anilines is 1. The lowest BCUT2D eigenvalue weighted by Crippen LogP contribution is -2.40. The van der Waals surface area contributed by atoms with Crippen LogP contribution in [0.25, 0.3) is 11.1 Å². The maximum atomic E-state index is 12.5. The Morgan fingerprint density at radius 3 is 2.83 bits per heavy atom. The number of aromatic nitrogens is 1. The predicted molar refractivity (Wildman–Crippen MR) is 113 cm³/mol. The molecule has 0 bridgehead atoms. The highest BCUT2D eigenvalue weighted by Gasteiger charge is 2.29. The van der Waals surface area contributed by atoms with Gasteiger partial charge in [-0.3, -0.25) is 9.59 Å². The fraction of sp³-hybridized carbons (Fsp3) is 0.409. The van der Waals surface area contributed by atoms with E-state index in [0.717, 1.165) is 17.5 Å². The number of fused-ring (bicyclic) bond motifs is 2. The Balaban J connectivity index is 1.10. The highest BCUT2D eigenvalue weighted by molar-refractivity contribution is 7.10. The second kappa shape index (κ2) is 8.10. The summed E-state index contributed by atoms with van der Waals surface area (Å²) in [6, 6.07) is 10.3. The van der Waals surface area contributed by atoms with Gasteiger partial charge in [0.2, 0.25) is 0 Å². The number of rotatable bonds is 4. The molecule has 1 aromatic carbocycles. The zero-order chi connectivity index (χ0) is 20.5. The fourth-order valence-corrected chi connectivity index (χ4v) is 4.99. The molecule has 156 valence electrons. The van der Waals surface area contributed by atoms with Gasteiger partial charge in [-0.1, -0.05) is 12.1 Å². The van der Waals surface area contributed by atoms with E-state index >= 15 is 0 Å². The van der Waals surface area contributed by atoms with Crippen molar-refractivity contribution in [2.75, 3.05) is 31.1 Å². The number of hydrogen-bond acceptors (Lipinski definition) is 7.